The zero-order valence-corrected chi connectivity index (χ0v) is 11.2. The fraction of sp³-hybridized carbons (Fsp3) is 0.250. The topological polar surface area (TPSA) is 106 Å². The summed E-state index contributed by atoms with van der Waals surface area (Å²) in [5.74, 6) is -0.554. The Balaban J connectivity index is 2.34. The summed E-state index contributed by atoms with van der Waals surface area (Å²) in [6.45, 7) is 1.22. The zero-order valence-electron chi connectivity index (χ0n) is 10.4. The highest BCUT2D eigenvalue weighted by atomic mass is 32.1. The number of hydrogen-bond acceptors (Lipinski definition) is 7. The molecule has 0 radical (unpaired) electrons. The highest BCUT2D eigenvalue weighted by Gasteiger charge is 2.18. The van der Waals surface area contributed by atoms with Crippen LogP contribution in [-0.2, 0) is 16.0 Å². The van der Waals surface area contributed by atoms with Gasteiger partial charge < -0.3 is 4.74 Å². The molecule has 1 heterocycles. The summed E-state index contributed by atoms with van der Waals surface area (Å²) >= 11 is 1.18. The Morgan fingerprint density at radius 1 is 1.65 bits per heavy atom. The maximum absolute atomic E-state index is 10.9. The lowest BCUT2D eigenvalue weighted by atomic mass is 10.1. The minimum atomic E-state index is -0.947. The second-order valence-corrected chi connectivity index (χ2v) is 4.80. The Kier molecular flexibility index (Phi) is 3.91. The average molecular weight is 291 g/mol. The van der Waals surface area contributed by atoms with Crippen molar-refractivity contribution in [3.63, 3.8) is 0 Å². The highest BCUT2D eigenvalue weighted by Crippen LogP contribution is 2.28. The molecule has 0 fully saturated rings. The Morgan fingerprint density at radius 2 is 2.40 bits per heavy atom. The summed E-state index contributed by atoms with van der Waals surface area (Å²) in [4.78, 5) is 21.1. The van der Waals surface area contributed by atoms with Crippen LogP contribution in [-0.4, -0.2) is 21.4 Å². The smallest absolute Gasteiger partial charge is 0.303 e. The molecule has 1 aromatic carbocycles. The van der Waals surface area contributed by atoms with Gasteiger partial charge in [-0.1, -0.05) is 0 Å². The second-order valence-electron chi connectivity index (χ2n) is 4.00. The number of fused-ring (bicyclic) bond motifs is 1. The third-order valence-electron chi connectivity index (χ3n) is 2.57. The van der Waals surface area contributed by atoms with Crippen LogP contribution in [0.4, 0.5) is 5.69 Å². The number of aromatic nitrogens is 1. The van der Waals surface area contributed by atoms with Crippen molar-refractivity contribution in [2.45, 2.75) is 19.4 Å². The Morgan fingerprint density at radius 3 is 3.00 bits per heavy atom. The normalized spacial score (nSPS) is 11.8. The van der Waals surface area contributed by atoms with Crippen molar-refractivity contribution < 1.29 is 14.5 Å². The first kappa shape index (κ1) is 13.9. The minimum Gasteiger partial charge on any atom is -0.447 e. The van der Waals surface area contributed by atoms with Crippen LogP contribution in [0.25, 0.3) is 10.1 Å². The van der Waals surface area contributed by atoms with Gasteiger partial charge >= 0.3 is 5.97 Å². The Labute approximate surface area is 117 Å². The number of rotatable bonds is 4. The standard InChI is InChI=1S/C12H9N3O4S/c1-7(16)19-9(6-13)5-11-10-4-8(15(17)18)2-3-12(10)20-14-11/h2-4,9H,5H2,1H3. The SMILES string of the molecule is CC(=O)OC(C#N)Cc1nsc2ccc([N+](=O)[O-])cc12. The van der Waals surface area contributed by atoms with Gasteiger partial charge in [0.05, 0.1) is 15.3 Å². The van der Waals surface area contributed by atoms with E-state index in [1.165, 1.54) is 30.6 Å². The lowest BCUT2D eigenvalue weighted by molar-refractivity contribution is -0.384. The number of hydrogen-bond donors (Lipinski definition) is 0. The summed E-state index contributed by atoms with van der Waals surface area (Å²) in [6, 6.07) is 6.29. The summed E-state index contributed by atoms with van der Waals surface area (Å²) in [6.07, 6.45) is -0.839. The van der Waals surface area contributed by atoms with Crippen LogP contribution in [0, 0.1) is 21.4 Å². The summed E-state index contributed by atoms with van der Waals surface area (Å²) in [5, 5.41) is 20.3. The van der Waals surface area contributed by atoms with E-state index in [1.807, 2.05) is 6.07 Å². The molecule has 1 atom stereocenters. The van der Waals surface area contributed by atoms with Crippen LogP contribution in [0.2, 0.25) is 0 Å². The van der Waals surface area contributed by atoms with Crippen molar-refractivity contribution in [1.82, 2.24) is 4.37 Å². The molecule has 8 heteroatoms. The largest absolute Gasteiger partial charge is 0.447 e. The van der Waals surface area contributed by atoms with E-state index >= 15 is 0 Å². The van der Waals surface area contributed by atoms with E-state index in [0.717, 1.165) is 4.70 Å². The molecule has 0 saturated heterocycles. The van der Waals surface area contributed by atoms with Gasteiger partial charge in [0.25, 0.3) is 5.69 Å². The molecule has 0 saturated carbocycles. The van der Waals surface area contributed by atoms with Crippen LogP contribution in [0.3, 0.4) is 0 Å². The number of nitro groups is 1. The summed E-state index contributed by atoms with van der Waals surface area (Å²) in [7, 11) is 0. The number of ether oxygens (including phenoxy) is 1. The molecule has 1 unspecified atom stereocenters. The van der Waals surface area contributed by atoms with Crippen LogP contribution >= 0.6 is 11.5 Å². The van der Waals surface area contributed by atoms with Gasteiger partial charge in [0, 0.05) is 30.9 Å². The first-order valence-electron chi connectivity index (χ1n) is 5.61. The number of benzene rings is 1. The molecule has 1 aromatic heterocycles. The lowest BCUT2D eigenvalue weighted by Gasteiger charge is -2.07. The molecule has 7 nitrogen and oxygen atoms in total. The molecule has 0 bridgehead atoms. The lowest BCUT2D eigenvalue weighted by Crippen LogP contribution is -2.17. The quantitative estimate of drug-likeness (QED) is 0.485. The van der Waals surface area contributed by atoms with Crippen LogP contribution in [0.5, 0.6) is 0 Å². The minimum absolute atomic E-state index is 0.0417. The van der Waals surface area contributed by atoms with Crippen molar-refractivity contribution in [3.05, 3.63) is 34.0 Å². The van der Waals surface area contributed by atoms with Crippen molar-refractivity contribution in [1.29, 1.82) is 5.26 Å². The van der Waals surface area contributed by atoms with E-state index in [4.69, 9.17) is 10.00 Å². The van der Waals surface area contributed by atoms with E-state index in [2.05, 4.69) is 4.37 Å². The van der Waals surface area contributed by atoms with Crippen LogP contribution in [0.1, 0.15) is 12.6 Å². The van der Waals surface area contributed by atoms with Crippen molar-refractivity contribution in [3.8, 4) is 6.07 Å². The zero-order chi connectivity index (χ0) is 14.7. The van der Waals surface area contributed by atoms with Crippen molar-refractivity contribution >= 4 is 33.3 Å². The molecule has 0 aliphatic carbocycles. The predicted octanol–water partition coefficient (Wildman–Crippen LogP) is 2.20. The molecule has 20 heavy (non-hydrogen) atoms. The van der Waals surface area contributed by atoms with Gasteiger partial charge in [0.2, 0.25) is 0 Å². The number of nitrogens with zero attached hydrogens (tertiary/aromatic N) is 3. The van der Waals surface area contributed by atoms with Gasteiger partial charge in [-0.2, -0.15) is 9.64 Å². The van der Waals surface area contributed by atoms with E-state index < -0.39 is 17.0 Å². The van der Waals surface area contributed by atoms with E-state index in [0.29, 0.717) is 11.1 Å². The predicted molar refractivity (Wildman–Crippen MR) is 71.1 cm³/mol. The van der Waals surface area contributed by atoms with Crippen molar-refractivity contribution in [2.75, 3.05) is 0 Å². The number of carbonyl (C=O) groups is 1. The van der Waals surface area contributed by atoms with E-state index in [-0.39, 0.29) is 12.1 Å². The van der Waals surface area contributed by atoms with Gasteiger partial charge in [0.15, 0.2) is 6.10 Å². The van der Waals surface area contributed by atoms with Crippen LogP contribution < -0.4 is 0 Å². The first-order chi connectivity index (χ1) is 9.51. The third kappa shape index (κ3) is 2.89. The molecule has 2 aromatic rings. The Hall–Kier alpha value is -2.53. The molecule has 2 rings (SSSR count). The molecule has 0 N–H and O–H groups in total. The van der Waals surface area contributed by atoms with Gasteiger partial charge in [-0.05, 0) is 17.6 Å². The number of non-ortho nitro benzene ring substituents is 1. The van der Waals surface area contributed by atoms with Gasteiger partial charge in [-0.15, -0.1) is 0 Å². The third-order valence-corrected chi connectivity index (χ3v) is 3.43. The molecule has 0 spiro atoms. The summed E-state index contributed by atoms with van der Waals surface area (Å²) in [5.41, 5.74) is 0.474. The number of nitro benzene ring substituents is 1. The van der Waals surface area contributed by atoms with Gasteiger partial charge in [-0.3, -0.25) is 14.9 Å². The van der Waals surface area contributed by atoms with E-state index in [1.54, 1.807) is 6.07 Å². The molecule has 0 aliphatic heterocycles. The molecule has 102 valence electrons. The molecular weight excluding hydrogens is 282 g/mol. The average Bonchev–Trinajstić information content (AvgIpc) is 2.79. The number of carbonyl (C=O) groups excluding carboxylic acids is 1. The van der Waals surface area contributed by atoms with Crippen molar-refractivity contribution in [2.24, 2.45) is 0 Å². The first-order valence-corrected chi connectivity index (χ1v) is 6.38. The number of esters is 1. The second kappa shape index (κ2) is 5.63. The monoisotopic (exact) mass is 291 g/mol. The van der Waals surface area contributed by atoms with Gasteiger partial charge in [0.1, 0.15) is 6.07 Å². The number of nitriles is 1. The highest BCUT2D eigenvalue weighted by molar-refractivity contribution is 7.13. The molecule has 0 amide bonds. The fourth-order valence-electron chi connectivity index (χ4n) is 1.73. The Bertz CT molecular complexity index is 719. The maximum atomic E-state index is 10.9. The molecular formula is C12H9N3O4S. The fourth-order valence-corrected chi connectivity index (χ4v) is 2.51. The van der Waals surface area contributed by atoms with E-state index in [9.17, 15) is 14.9 Å². The molecule has 0 aliphatic rings. The maximum Gasteiger partial charge on any atom is 0.303 e. The van der Waals surface area contributed by atoms with Crippen LogP contribution in [0.15, 0.2) is 18.2 Å². The summed E-state index contributed by atoms with van der Waals surface area (Å²) < 4.78 is 9.78. The van der Waals surface area contributed by atoms with Gasteiger partial charge in [-0.25, -0.2) is 0 Å².